The van der Waals surface area contributed by atoms with E-state index in [0.29, 0.717) is 18.9 Å². The zero-order valence-electron chi connectivity index (χ0n) is 10.6. The van der Waals surface area contributed by atoms with Gasteiger partial charge in [-0.2, -0.15) is 0 Å². The van der Waals surface area contributed by atoms with Crippen molar-refractivity contribution in [1.82, 2.24) is 10.2 Å². The Morgan fingerprint density at radius 3 is 2.50 bits per heavy atom. The average Bonchev–Trinajstić information content (AvgIpc) is 2.16. The molecule has 1 aliphatic heterocycles. The minimum absolute atomic E-state index is 0.147. The largest absolute Gasteiger partial charge is 0.389 e. The van der Waals surface area contributed by atoms with Crippen molar-refractivity contribution in [3.8, 4) is 0 Å². The van der Waals surface area contributed by atoms with Gasteiger partial charge in [0.25, 0.3) is 0 Å². The zero-order chi connectivity index (χ0) is 12.2. The molecule has 4 nitrogen and oxygen atoms in total. The Balaban J connectivity index is 2.33. The van der Waals surface area contributed by atoms with Gasteiger partial charge in [-0.05, 0) is 45.7 Å². The molecule has 0 aromatic heterocycles. The number of likely N-dealkylation sites (N-methyl/N-ethyl adjacent to an activating group) is 1. The number of nitrogens with zero attached hydrogens (tertiary/aromatic N) is 1. The number of carbonyl (C=O) groups is 1. The Morgan fingerprint density at radius 2 is 2.00 bits per heavy atom. The molecule has 4 heteroatoms. The second-order valence-electron chi connectivity index (χ2n) is 5.46. The maximum absolute atomic E-state index is 11.9. The molecule has 0 atom stereocenters. The summed E-state index contributed by atoms with van der Waals surface area (Å²) in [5, 5.41) is 12.9. The lowest BCUT2D eigenvalue weighted by Crippen LogP contribution is -2.41. The topological polar surface area (TPSA) is 52.6 Å². The van der Waals surface area contributed by atoms with Gasteiger partial charge in [0, 0.05) is 20.0 Å². The van der Waals surface area contributed by atoms with E-state index in [1.807, 2.05) is 0 Å². The maximum atomic E-state index is 11.9. The molecule has 1 aliphatic rings. The minimum atomic E-state index is -0.807. The molecule has 1 saturated heterocycles. The van der Waals surface area contributed by atoms with Crippen LogP contribution in [-0.2, 0) is 4.79 Å². The predicted molar refractivity (Wildman–Crippen MR) is 64.1 cm³/mol. The summed E-state index contributed by atoms with van der Waals surface area (Å²) in [7, 11) is 1.77. The van der Waals surface area contributed by atoms with Crippen LogP contribution in [0.4, 0.5) is 0 Å². The molecule has 1 heterocycles. The molecule has 1 fully saturated rings. The molecule has 0 spiro atoms. The highest BCUT2D eigenvalue weighted by molar-refractivity contribution is 5.76. The Bertz CT molecular complexity index is 230. The summed E-state index contributed by atoms with van der Waals surface area (Å²) in [5.41, 5.74) is -0.807. The van der Waals surface area contributed by atoms with Gasteiger partial charge in [0.1, 0.15) is 0 Å². The van der Waals surface area contributed by atoms with Gasteiger partial charge in [-0.15, -0.1) is 0 Å². The van der Waals surface area contributed by atoms with Crippen LogP contribution in [0.2, 0.25) is 0 Å². The van der Waals surface area contributed by atoms with Gasteiger partial charge >= 0.3 is 0 Å². The molecule has 1 rings (SSSR count). The number of nitrogens with one attached hydrogen (secondary N) is 1. The third-order valence-corrected chi connectivity index (χ3v) is 2.97. The van der Waals surface area contributed by atoms with Crippen molar-refractivity contribution in [1.29, 1.82) is 0 Å². The van der Waals surface area contributed by atoms with Crippen LogP contribution in [0.1, 0.15) is 33.1 Å². The minimum Gasteiger partial charge on any atom is -0.389 e. The van der Waals surface area contributed by atoms with E-state index in [4.69, 9.17) is 0 Å². The van der Waals surface area contributed by atoms with E-state index < -0.39 is 5.60 Å². The normalized spacial score (nSPS) is 18.5. The van der Waals surface area contributed by atoms with Gasteiger partial charge in [-0.3, -0.25) is 4.79 Å². The van der Waals surface area contributed by atoms with Crippen molar-refractivity contribution in [3.63, 3.8) is 0 Å². The van der Waals surface area contributed by atoms with Crippen LogP contribution in [0.3, 0.4) is 0 Å². The molecule has 16 heavy (non-hydrogen) atoms. The number of carbonyl (C=O) groups excluding carboxylic acids is 1. The van der Waals surface area contributed by atoms with E-state index in [9.17, 15) is 9.90 Å². The van der Waals surface area contributed by atoms with Gasteiger partial charge in [-0.1, -0.05) is 0 Å². The fourth-order valence-electron chi connectivity index (χ4n) is 2.16. The van der Waals surface area contributed by atoms with Crippen molar-refractivity contribution in [3.05, 3.63) is 0 Å². The molecule has 0 radical (unpaired) electrons. The molecule has 0 unspecified atom stereocenters. The molecule has 1 amide bonds. The van der Waals surface area contributed by atoms with E-state index in [1.54, 1.807) is 25.8 Å². The van der Waals surface area contributed by atoms with Gasteiger partial charge in [0.2, 0.25) is 5.91 Å². The van der Waals surface area contributed by atoms with Gasteiger partial charge in [-0.25, -0.2) is 0 Å². The zero-order valence-corrected chi connectivity index (χ0v) is 10.6. The van der Waals surface area contributed by atoms with Crippen LogP contribution in [0.25, 0.3) is 0 Å². The van der Waals surface area contributed by atoms with Crippen molar-refractivity contribution in [2.75, 3.05) is 26.7 Å². The lowest BCUT2D eigenvalue weighted by molar-refractivity contribution is -0.133. The fourth-order valence-corrected chi connectivity index (χ4v) is 2.16. The second-order valence-corrected chi connectivity index (χ2v) is 5.46. The van der Waals surface area contributed by atoms with Crippen LogP contribution in [0.5, 0.6) is 0 Å². The van der Waals surface area contributed by atoms with Gasteiger partial charge in [0.15, 0.2) is 0 Å². The van der Waals surface area contributed by atoms with E-state index in [-0.39, 0.29) is 5.91 Å². The number of hydrogen-bond acceptors (Lipinski definition) is 3. The van der Waals surface area contributed by atoms with Crippen LogP contribution in [0.15, 0.2) is 0 Å². The highest BCUT2D eigenvalue weighted by Gasteiger charge is 2.22. The molecule has 2 N–H and O–H groups in total. The summed E-state index contributed by atoms with van der Waals surface area (Å²) in [6.45, 7) is 5.89. The Morgan fingerprint density at radius 1 is 1.44 bits per heavy atom. The number of rotatable bonds is 4. The monoisotopic (exact) mass is 228 g/mol. The number of piperidine rings is 1. The summed E-state index contributed by atoms with van der Waals surface area (Å²) >= 11 is 0. The third kappa shape index (κ3) is 4.94. The highest BCUT2D eigenvalue weighted by atomic mass is 16.3. The lowest BCUT2D eigenvalue weighted by Gasteiger charge is -2.28. The molecular weight excluding hydrogens is 204 g/mol. The predicted octanol–water partition coefficient (Wildman–Crippen LogP) is 0.605. The first-order valence-electron chi connectivity index (χ1n) is 6.05. The SMILES string of the molecule is CN(CC(C)(C)O)C(=O)CC1CCNCC1. The standard InChI is InChI=1S/C12H24N2O2/c1-12(2,16)9-14(3)11(15)8-10-4-6-13-7-5-10/h10,13,16H,4-9H2,1-3H3. The van der Waals surface area contributed by atoms with Gasteiger partial charge < -0.3 is 15.3 Å². The summed E-state index contributed by atoms with van der Waals surface area (Å²) in [6, 6.07) is 0. The lowest BCUT2D eigenvalue weighted by atomic mass is 9.94. The van der Waals surface area contributed by atoms with Crippen LogP contribution in [-0.4, -0.2) is 48.2 Å². The molecule has 0 bridgehead atoms. The van der Waals surface area contributed by atoms with E-state index in [2.05, 4.69) is 5.32 Å². The van der Waals surface area contributed by atoms with E-state index >= 15 is 0 Å². The van der Waals surface area contributed by atoms with Crippen molar-refractivity contribution in [2.45, 2.75) is 38.7 Å². The molecule has 0 saturated carbocycles. The number of amides is 1. The second kappa shape index (κ2) is 5.64. The van der Waals surface area contributed by atoms with Crippen LogP contribution in [0, 0.1) is 5.92 Å². The Kier molecular flexibility index (Phi) is 4.74. The molecule has 0 aromatic rings. The summed E-state index contributed by atoms with van der Waals surface area (Å²) in [4.78, 5) is 13.5. The summed E-state index contributed by atoms with van der Waals surface area (Å²) < 4.78 is 0. The highest BCUT2D eigenvalue weighted by Crippen LogP contribution is 2.17. The van der Waals surface area contributed by atoms with E-state index in [1.165, 1.54) is 0 Å². The first-order valence-corrected chi connectivity index (χ1v) is 6.05. The smallest absolute Gasteiger partial charge is 0.222 e. The first kappa shape index (κ1) is 13.5. The Labute approximate surface area is 98.0 Å². The quantitative estimate of drug-likeness (QED) is 0.741. The summed E-state index contributed by atoms with van der Waals surface area (Å²) in [5.74, 6) is 0.659. The van der Waals surface area contributed by atoms with Crippen molar-refractivity contribution in [2.24, 2.45) is 5.92 Å². The molecular formula is C12H24N2O2. The molecule has 94 valence electrons. The maximum Gasteiger partial charge on any atom is 0.222 e. The summed E-state index contributed by atoms with van der Waals surface area (Å²) in [6.07, 6.45) is 2.79. The number of hydrogen-bond donors (Lipinski definition) is 2. The molecule has 0 aliphatic carbocycles. The van der Waals surface area contributed by atoms with Crippen LogP contribution < -0.4 is 5.32 Å². The van der Waals surface area contributed by atoms with E-state index in [0.717, 1.165) is 25.9 Å². The van der Waals surface area contributed by atoms with Crippen molar-refractivity contribution < 1.29 is 9.90 Å². The first-order chi connectivity index (χ1) is 7.38. The molecule has 0 aromatic carbocycles. The average molecular weight is 228 g/mol. The van der Waals surface area contributed by atoms with Crippen LogP contribution >= 0.6 is 0 Å². The van der Waals surface area contributed by atoms with Gasteiger partial charge in [0.05, 0.1) is 5.60 Å². The Hall–Kier alpha value is -0.610. The number of aliphatic hydroxyl groups is 1. The van der Waals surface area contributed by atoms with Crippen molar-refractivity contribution >= 4 is 5.91 Å². The third-order valence-electron chi connectivity index (χ3n) is 2.97. The fraction of sp³-hybridized carbons (Fsp3) is 0.917.